The Balaban J connectivity index is 2.16. The standard InChI is InChI=1S/C13H15NO2/c1-15-12-6-10(9-14)7-13(8-12)16-11-4-2-3-5-11/h6-8,11H,2-5H2,1H3. The van der Waals surface area contributed by atoms with Crippen molar-refractivity contribution in [2.75, 3.05) is 7.11 Å². The third-order valence-corrected chi connectivity index (χ3v) is 2.85. The van der Waals surface area contributed by atoms with Crippen molar-refractivity contribution >= 4 is 0 Å². The minimum atomic E-state index is 0.304. The van der Waals surface area contributed by atoms with E-state index in [1.807, 2.05) is 6.07 Å². The molecule has 0 saturated heterocycles. The van der Waals surface area contributed by atoms with E-state index >= 15 is 0 Å². The van der Waals surface area contributed by atoms with E-state index in [4.69, 9.17) is 14.7 Å². The number of hydrogen-bond acceptors (Lipinski definition) is 3. The molecule has 0 heterocycles. The van der Waals surface area contributed by atoms with Gasteiger partial charge in [-0.05, 0) is 37.8 Å². The summed E-state index contributed by atoms with van der Waals surface area (Å²) in [6.07, 6.45) is 5.00. The molecule has 0 spiro atoms. The fourth-order valence-electron chi connectivity index (χ4n) is 2.02. The molecule has 0 N–H and O–H groups in total. The van der Waals surface area contributed by atoms with Gasteiger partial charge in [-0.3, -0.25) is 0 Å². The van der Waals surface area contributed by atoms with E-state index in [0.29, 0.717) is 17.4 Å². The summed E-state index contributed by atoms with van der Waals surface area (Å²) in [5.74, 6) is 1.41. The summed E-state index contributed by atoms with van der Waals surface area (Å²) in [6.45, 7) is 0. The van der Waals surface area contributed by atoms with Gasteiger partial charge in [-0.1, -0.05) is 0 Å². The lowest BCUT2D eigenvalue weighted by Gasteiger charge is -2.14. The molecule has 0 aliphatic heterocycles. The lowest BCUT2D eigenvalue weighted by molar-refractivity contribution is 0.209. The van der Waals surface area contributed by atoms with E-state index in [1.54, 1.807) is 19.2 Å². The maximum Gasteiger partial charge on any atom is 0.124 e. The molecule has 3 nitrogen and oxygen atoms in total. The van der Waals surface area contributed by atoms with Gasteiger partial charge in [0.25, 0.3) is 0 Å². The third kappa shape index (κ3) is 2.46. The van der Waals surface area contributed by atoms with Gasteiger partial charge in [0.05, 0.1) is 24.8 Å². The summed E-state index contributed by atoms with van der Waals surface area (Å²) in [5, 5.41) is 8.88. The highest BCUT2D eigenvalue weighted by atomic mass is 16.5. The van der Waals surface area contributed by atoms with Gasteiger partial charge < -0.3 is 9.47 Å². The molecule has 0 radical (unpaired) electrons. The monoisotopic (exact) mass is 217 g/mol. The Hall–Kier alpha value is -1.69. The molecule has 1 aliphatic rings. The topological polar surface area (TPSA) is 42.2 Å². The van der Waals surface area contributed by atoms with E-state index in [-0.39, 0.29) is 0 Å². The van der Waals surface area contributed by atoms with Crippen molar-refractivity contribution < 1.29 is 9.47 Å². The Morgan fingerprint density at radius 3 is 2.50 bits per heavy atom. The molecule has 0 aromatic heterocycles. The van der Waals surface area contributed by atoms with Crippen LogP contribution in [0.3, 0.4) is 0 Å². The molecule has 84 valence electrons. The van der Waals surface area contributed by atoms with E-state index < -0.39 is 0 Å². The first-order valence-corrected chi connectivity index (χ1v) is 5.57. The third-order valence-electron chi connectivity index (χ3n) is 2.85. The Bertz CT molecular complexity index is 403. The van der Waals surface area contributed by atoms with Gasteiger partial charge in [-0.15, -0.1) is 0 Å². The highest BCUT2D eigenvalue weighted by Crippen LogP contribution is 2.27. The Morgan fingerprint density at radius 2 is 1.88 bits per heavy atom. The number of methoxy groups -OCH3 is 1. The van der Waals surface area contributed by atoms with Gasteiger partial charge in [0, 0.05) is 6.07 Å². The Labute approximate surface area is 95.6 Å². The van der Waals surface area contributed by atoms with E-state index in [0.717, 1.165) is 18.6 Å². The SMILES string of the molecule is COc1cc(C#N)cc(OC2CCCC2)c1. The highest BCUT2D eigenvalue weighted by molar-refractivity contribution is 5.43. The van der Waals surface area contributed by atoms with Crippen LogP contribution in [0.2, 0.25) is 0 Å². The van der Waals surface area contributed by atoms with Crippen LogP contribution in [0, 0.1) is 11.3 Å². The lowest BCUT2D eigenvalue weighted by Crippen LogP contribution is -2.10. The highest BCUT2D eigenvalue weighted by Gasteiger charge is 2.17. The molecule has 1 saturated carbocycles. The summed E-state index contributed by atoms with van der Waals surface area (Å²) >= 11 is 0. The molecule has 0 bridgehead atoms. The van der Waals surface area contributed by atoms with Gasteiger partial charge in [-0.2, -0.15) is 5.26 Å². The molecule has 0 unspecified atom stereocenters. The van der Waals surface area contributed by atoms with Crippen LogP contribution in [0.5, 0.6) is 11.5 Å². The van der Waals surface area contributed by atoms with E-state index in [2.05, 4.69) is 6.07 Å². The molecule has 1 aromatic carbocycles. The van der Waals surface area contributed by atoms with Crippen LogP contribution < -0.4 is 9.47 Å². The number of nitriles is 1. The fraction of sp³-hybridized carbons (Fsp3) is 0.462. The van der Waals surface area contributed by atoms with Crippen molar-refractivity contribution in [1.29, 1.82) is 5.26 Å². The maximum atomic E-state index is 8.88. The minimum Gasteiger partial charge on any atom is -0.497 e. The van der Waals surface area contributed by atoms with Gasteiger partial charge in [-0.25, -0.2) is 0 Å². The van der Waals surface area contributed by atoms with Crippen molar-refractivity contribution in [3.63, 3.8) is 0 Å². The Morgan fingerprint density at radius 1 is 1.19 bits per heavy atom. The van der Waals surface area contributed by atoms with Gasteiger partial charge in [0.1, 0.15) is 11.5 Å². The zero-order valence-corrected chi connectivity index (χ0v) is 9.40. The zero-order chi connectivity index (χ0) is 11.4. The van der Waals surface area contributed by atoms with Crippen LogP contribution in [0.1, 0.15) is 31.2 Å². The van der Waals surface area contributed by atoms with Crippen LogP contribution in [0.4, 0.5) is 0 Å². The summed E-state index contributed by atoms with van der Waals surface area (Å²) in [4.78, 5) is 0. The van der Waals surface area contributed by atoms with Crippen molar-refractivity contribution in [2.45, 2.75) is 31.8 Å². The maximum absolute atomic E-state index is 8.88. The molecule has 1 aliphatic carbocycles. The molecule has 2 rings (SSSR count). The van der Waals surface area contributed by atoms with E-state index in [9.17, 15) is 0 Å². The van der Waals surface area contributed by atoms with Crippen molar-refractivity contribution in [2.24, 2.45) is 0 Å². The number of benzene rings is 1. The van der Waals surface area contributed by atoms with Crippen LogP contribution in [0.15, 0.2) is 18.2 Å². The zero-order valence-electron chi connectivity index (χ0n) is 9.40. The first kappa shape index (κ1) is 10.8. The summed E-state index contributed by atoms with van der Waals surface area (Å²) < 4.78 is 11.0. The predicted molar refractivity (Wildman–Crippen MR) is 60.6 cm³/mol. The number of rotatable bonds is 3. The summed E-state index contributed by atoms with van der Waals surface area (Å²) in [7, 11) is 1.59. The van der Waals surface area contributed by atoms with Crippen molar-refractivity contribution in [1.82, 2.24) is 0 Å². The van der Waals surface area contributed by atoms with Crippen LogP contribution in [0.25, 0.3) is 0 Å². The second kappa shape index (κ2) is 4.89. The van der Waals surface area contributed by atoms with Gasteiger partial charge >= 0.3 is 0 Å². The fourth-order valence-corrected chi connectivity index (χ4v) is 2.02. The molecular weight excluding hydrogens is 202 g/mol. The quantitative estimate of drug-likeness (QED) is 0.781. The smallest absolute Gasteiger partial charge is 0.124 e. The van der Waals surface area contributed by atoms with Crippen LogP contribution in [-0.2, 0) is 0 Å². The molecule has 1 aromatic rings. The van der Waals surface area contributed by atoms with Gasteiger partial charge in [0.2, 0.25) is 0 Å². The predicted octanol–water partition coefficient (Wildman–Crippen LogP) is 2.89. The normalized spacial score (nSPS) is 15.8. The largest absolute Gasteiger partial charge is 0.497 e. The molecule has 3 heteroatoms. The van der Waals surface area contributed by atoms with Crippen molar-refractivity contribution in [3.8, 4) is 17.6 Å². The van der Waals surface area contributed by atoms with Gasteiger partial charge in [0.15, 0.2) is 0 Å². The average Bonchev–Trinajstić information content (AvgIpc) is 2.81. The van der Waals surface area contributed by atoms with E-state index in [1.165, 1.54) is 12.8 Å². The molecule has 0 amide bonds. The summed E-state index contributed by atoms with van der Waals surface area (Å²) in [5.41, 5.74) is 0.576. The van der Waals surface area contributed by atoms with Crippen molar-refractivity contribution in [3.05, 3.63) is 23.8 Å². The molecule has 1 fully saturated rings. The first-order valence-electron chi connectivity index (χ1n) is 5.57. The number of ether oxygens (including phenoxy) is 2. The lowest BCUT2D eigenvalue weighted by atomic mass is 10.2. The molecule has 0 atom stereocenters. The second-order valence-corrected chi connectivity index (χ2v) is 4.03. The first-order chi connectivity index (χ1) is 7.81. The average molecular weight is 217 g/mol. The number of hydrogen-bond donors (Lipinski definition) is 0. The minimum absolute atomic E-state index is 0.304. The Kier molecular flexibility index (Phi) is 3.31. The summed E-state index contributed by atoms with van der Waals surface area (Å²) in [6, 6.07) is 7.41. The molecule has 16 heavy (non-hydrogen) atoms. The molecular formula is C13H15NO2. The van der Waals surface area contributed by atoms with Crippen LogP contribution in [-0.4, -0.2) is 13.2 Å². The second-order valence-electron chi connectivity index (χ2n) is 4.03. The van der Waals surface area contributed by atoms with Crippen LogP contribution >= 0.6 is 0 Å². The number of nitrogens with zero attached hydrogens (tertiary/aromatic N) is 1.